The van der Waals surface area contributed by atoms with E-state index in [1.54, 1.807) is 6.26 Å². The number of aromatic nitrogens is 1. The van der Waals surface area contributed by atoms with Gasteiger partial charge in [0.1, 0.15) is 6.26 Å². The Morgan fingerprint density at radius 1 is 1.15 bits per heavy atom. The van der Waals surface area contributed by atoms with E-state index in [-0.39, 0.29) is 24.0 Å². The monoisotopic (exact) mass is 490 g/mol. The summed E-state index contributed by atoms with van der Waals surface area (Å²) in [6, 6.07) is 1.94. The van der Waals surface area contributed by atoms with Crippen LogP contribution in [0.1, 0.15) is 31.9 Å². The van der Waals surface area contributed by atoms with Gasteiger partial charge in [0.25, 0.3) is 0 Å². The Balaban J connectivity index is 0.00000261. The first-order valence-electron chi connectivity index (χ1n) is 10.0. The van der Waals surface area contributed by atoms with Crippen molar-refractivity contribution in [3.63, 3.8) is 0 Å². The molecule has 7 nitrogen and oxygen atoms in total. The molecular formula is C19H35IN6O. The summed E-state index contributed by atoms with van der Waals surface area (Å²) in [5.74, 6) is 1.68. The third-order valence-electron chi connectivity index (χ3n) is 5.39. The molecule has 0 aliphatic carbocycles. The molecule has 8 heteroatoms. The van der Waals surface area contributed by atoms with Gasteiger partial charge in [-0.3, -0.25) is 9.89 Å². The number of aliphatic imine (C=N–C) groups is 1. The summed E-state index contributed by atoms with van der Waals surface area (Å²) in [6.45, 7) is 12.0. The van der Waals surface area contributed by atoms with Gasteiger partial charge in [0, 0.05) is 58.9 Å². The minimum absolute atomic E-state index is 0. The molecule has 1 aromatic rings. The second kappa shape index (κ2) is 11.9. The van der Waals surface area contributed by atoms with E-state index in [0.717, 1.165) is 50.9 Å². The van der Waals surface area contributed by atoms with E-state index in [2.05, 4.69) is 37.1 Å². The molecule has 1 unspecified atom stereocenters. The fourth-order valence-corrected chi connectivity index (χ4v) is 3.91. The molecule has 3 rings (SSSR count). The molecule has 2 aliphatic heterocycles. The zero-order chi connectivity index (χ0) is 18.2. The minimum atomic E-state index is 0. The van der Waals surface area contributed by atoms with E-state index in [4.69, 9.17) is 4.52 Å². The molecule has 2 aliphatic rings. The molecule has 2 fully saturated rings. The SMILES string of the molecule is CN=C(NCC(C)CN1CCCCC1)N1CCN(Cc2ccon2)CC1.I. The van der Waals surface area contributed by atoms with Crippen molar-refractivity contribution in [2.75, 3.05) is 59.4 Å². The number of halogens is 1. The number of guanidine groups is 1. The Bertz CT molecular complexity index is 538. The molecule has 27 heavy (non-hydrogen) atoms. The standard InChI is InChI=1S/C19H34N6O.HI/c1-17(15-23-7-4-3-5-8-23)14-21-19(20-2)25-11-9-24(10-12-25)16-18-6-13-26-22-18;/h6,13,17H,3-5,7-12,14-16H2,1-2H3,(H,20,21);1H. The third-order valence-corrected chi connectivity index (χ3v) is 5.39. The maximum absolute atomic E-state index is 4.92. The highest BCUT2D eigenvalue weighted by atomic mass is 127. The highest BCUT2D eigenvalue weighted by Crippen LogP contribution is 2.11. The maximum Gasteiger partial charge on any atom is 0.193 e. The van der Waals surface area contributed by atoms with E-state index in [0.29, 0.717) is 5.92 Å². The van der Waals surface area contributed by atoms with Gasteiger partial charge in [-0.1, -0.05) is 18.5 Å². The summed E-state index contributed by atoms with van der Waals surface area (Å²) < 4.78 is 4.92. The number of hydrogen-bond acceptors (Lipinski definition) is 5. The van der Waals surface area contributed by atoms with Crippen LogP contribution in [-0.4, -0.2) is 85.2 Å². The Hall–Kier alpha value is -0.870. The predicted molar refractivity (Wildman–Crippen MR) is 120 cm³/mol. The molecule has 0 radical (unpaired) electrons. The average Bonchev–Trinajstić information content (AvgIpc) is 3.17. The summed E-state index contributed by atoms with van der Waals surface area (Å²) in [5, 5.41) is 7.60. The quantitative estimate of drug-likeness (QED) is 0.375. The Morgan fingerprint density at radius 2 is 1.89 bits per heavy atom. The highest BCUT2D eigenvalue weighted by Gasteiger charge is 2.21. The van der Waals surface area contributed by atoms with E-state index in [1.165, 1.54) is 38.9 Å². The van der Waals surface area contributed by atoms with Crippen LogP contribution in [-0.2, 0) is 6.54 Å². The van der Waals surface area contributed by atoms with E-state index >= 15 is 0 Å². The average molecular weight is 490 g/mol. The fraction of sp³-hybridized carbons (Fsp3) is 0.789. The zero-order valence-corrected chi connectivity index (χ0v) is 19.1. The molecule has 3 heterocycles. The summed E-state index contributed by atoms with van der Waals surface area (Å²) in [5.41, 5.74) is 1.01. The van der Waals surface area contributed by atoms with Gasteiger partial charge in [-0.25, -0.2) is 0 Å². The number of nitrogens with one attached hydrogen (secondary N) is 1. The molecule has 0 aromatic carbocycles. The van der Waals surface area contributed by atoms with Crippen molar-refractivity contribution in [2.45, 2.75) is 32.7 Å². The van der Waals surface area contributed by atoms with Gasteiger partial charge in [0.15, 0.2) is 5.96 Å². The van der Waals surface area contributed by atoms with Crippen LogP contribution in [0.15, 0.2) is 21.8 Å². The van der Waals surface area contributed by atoms with Gasteiger partial charge in [0.05, 0.1) is 5.69 Å². The smallest absolute Gasteiger partial charge is 0.193 e. The van der Waals surface area contributed by atoms with Gasteiger partial charge in [0.2, 0.25) is 0 Å². The lowest BCUT2D eigenvalue weighted by atomic mass is 10.1. The van der Waals surface area contributed by atoms with Crippen LogP contribution < -0.4 is 5.32 Å². The van der Waals surface area contributed by atoms with Crippen LogP contribution in [0.5, 0.6) is 0 Å². The largest absolute Gasteiger partial charge is 0.364 e. The van der Waals surface area contributed by atoms with E-state index in [9.17, 15) is 0 Å². The molecule has 0 spiro atoms. The molecule has 0 saturated carbocycles. The van der Waals surface area contributed by atoms with Crippen LogP contribution in [0, 0.1) is 5.92 Å². The number of piperidine rings is 1. The summed E-state index contributed by atoms with van der Waals surface area (Å²) in [6.07, 6.45) is 5.77. The summed E-state index contributed by atoms with van der Waals surface area (Å²) in [4.78, 5) is 11.9. The molecular weight excluding hydrogens is 455 g/mol. The fourth-order valence-electron chi connectivity index (χ4n) is 3.91. The van der Waals surface area contributed by atoms with E-state index in [1.807, 2.05) is 13.1 Å². The number of rotatable bonds is 6. The van der Waals surface area contributed by atoms with Crippen molar-refractivity contribution in [1.29, 1.82) is 0 Å². The first-order chi connectivity index (χ1) is 12.7. The molecule has 1 N–H and O–H groups in total. The van der Waals surface area contributed by atoms with Crippen LogP contribution >= 0.6 is 24.0 Å². The van der Waals surface area contributed by atoms with Crippen molar-refractivity contribution in [3.05, 3.63) is 18.0 Å². The van der Waals surface area contributed by atoms with Gasteiger partial charge in [-0.2, -0.15) is 0 Å². The Morgan fingerprint density at radius 3 is 2.52 bits per heavy atom. The molecule has 2 saturated heterocycles. The summed E-state index contributed by atoms with van der Waals surface area (Å²) >= 11 is 0. The number of hydrogen-bond donors (Lipinski definition) is 1. The van der Waals surface area contributed by atoms with Crippen molar-refractivity contribution in [1.82, 2.24) is 25.2 Å². The maximum atomic E-state index is 4.92. The van der Waals surface area contributed by atoms with E-state index < -0.39 is 0 Å². The van der Waals surface area contributed by atoms with Gasteiger partial charge in [-0.05, 0) is 31.8 Å². The van der Waals surface area contributed by atoms with Crippen molar-refractivity contribution >= 4 is 29.9 Å². The van der Waals surface area contributed by atoms with Crippen LogP contribution in [0.3, 0.4) is 0 Å². The minimum Gasteiger partial charge on any atom is -0.364 e. The molecule has 1 atom stereocenters. The lowest BCUT2D eigenvalue weighted by molar-refractivity contribution is 0.167. The van der Waals surface area contributed by atoms with Crippen molar-refractivity contribution in [2.24, 2.45) is 10.9 Å². The normalized spacial score (nSPS) is 21.0. The van der Waals surface area contributed by atoms with Crippen LogP contribution in [0.25, 0.3) is 0 Å². The predicted octanol–water partition coefficient (Wildman–Crippen LogP) is 2.11. The second-order valence-corrected chi connectivity index (χ2v) is 7.65. The number of piperazine rings is 1. The van der Waals surface area contributed by atoms with Crippen molar-refractivity contribution in [3.8, 4) is 0 Å². The van der Waals surface area contributed by atoms with Gasteiger partial charge >= 0.3 is 0 Å². The van der Waals surface area contributed by atoms with Gasteiger partial charge in [-0.15, -0.1) is 24.0 Å². The zero-order valence-electron chi connectivity index (χ0n) is 16.8. The first-order valence-corrected chi connectivity index (χ1v) is 10.0. The second-order valence-electron chi connectivity index (χ2n) is 7.65. The molecule has 0 bridgehead atoms. The number of nitrogens with zero attached hydrogens (tertiary/aromatic N) is 5. The number of likely N-dealkylation sites (tertiary alicyclic amines) is 1. The molecule has 0 amide bonds. The lowest BCUT2D eigenvalue weighted by Crippen LogP contribution is -2.53. The third kappa shape index (κ3) is 7.23. The van der Waals surface area contributed by atoms with Crippen molar-refractivity contribution < 1.29 is 4.52 Å². The molecule has 1 aromatic heterocycles. The lowest BCUT2D eigenvalue weighted by Gasteiger charge is -2.36. The van der Waals surface area contributed by atoms with Gasteiger partial charge < -0.3 is 19.6 Å². The van der Waals surface area contributed by atoms with Crippen LogP contribution in [0.4, 0.5) is 0 Å². The van der Waals surface area contributed by atoms with Crippen LogP contribution in [0.2, 0.25) is 0 Å². The molecule has 154 valence electrons. The first kappa shape index (κ1) is 22.4. The topological polar surface area (TPSA) is 60.1 Å². The Kier molecular flexibility index (Phi) is 9.84. The Labute approximate surface area is 180 Å². The summed E-state index contributed by atoms with van der Waals surface area (Å²) in [7, 11) is 1.89. The highest BCUT2D eigenvalue weighted by molar-refractivity contribution is 14.0.